The second-order valence-corrected chi connectivity index (χ2v) is 9.34. The molecule has 36 heavy (non-hydrogen) atoms. The number of ketones is 1. The topological polar surface area (TPSA) is 108 Å². The van der Waals surface area contributed by atoms with Crippen molar-refractivity contribution in [3.8, 4) is 0 Å². The normalized spacial score (nSPS) is 18.6. The van der Waals surface area contributed by atoms with Gasteiger partial charge in [0.05, 0.1) is 5.57 Å². The van der Waals surface area contributed by atoms with Crippen LogP contribution < -0.4 is 11.1 Å². The van der Waals surface area contributed by atoms with E-state index in [4.69, 9.17) is 15.2 Å². The van der Waals surface area contributed by atoms with Crippen LogP contribution in [0.2, 0.25) is 0 Å². The molecule has 0 bridgehead atoms. The van der Waals surface area contributed by atoms with Gasteiger partial charge in [0.1, 0.15) is 23.4 Å². The Kier molecular flexibility index (Phi) is 5.97. The van der Waals surface area contributed by atoms with Crippen molar-refractivity contribution >= 4 is 39.3 Å². The highest BCUT2D eigenvalue weighted by Gasteiger charge is 2.61. The summed E-state index contributed by atoms with van der Waals surface area (Å²) < 4.78 is 12.0. The molecule has 1 amide bonds. The van der Waals surface area contributed by atoms with Crippen molar-refractivity contribution in [1.82, 2.24) is 0 Å². The summed E-state index contributed by atoms with van der Waals surface area (Å²) in [6.07, 6.45) is 0. The number of nitrogens with one attached hydrogen (secondary N) is 1. The number of benzene rings is 3. The average molecular weight is 545 g/mol. The van der Waals surface area contributed by atoms with Crippen LogP contribution >= 0.6 is 15.9 Å². The van der Waals surface area contributed by atoms with E-state index >= 15 is 0 Å². The lowest BCUT2D eigenvalue weighted by molar-refractivity contribution is -0.142. The molecule has 2 aliphatic heterocycles. The third-order valence-corrected chi connectivity index (χ3v) is 6.76. The second kappa shape index (κ2) is 9.13. The molecule has 0 radical (unpaired) electrons. The van der Waals surface area contributed by atoms with E-state index in [1.165, 1.54) is 0 Å². The average Bonchev–Trinajstić information content (AvgIpc) is 3.14. The summed E-state index contributed by atoms with van der Waals surface area (Å²) in [5.41, 5.74) is 6.11. The molecule has 0 saturated carbocycles. The fourth-order valence-corrected chi connectivity index (χ4v) is 5.09. The molecule has 0 aliphatic carbocycles. The number of esters is 1. The molecule has 1 atom stereocenters. The van der Waals surface area contributed by atoms with Crippen LogP contribution in [-0.4, -0.2) is 17.7 Å². The van der Waals surface area contributed by atoms with Crippen LogP contribution in [0.3, 0.4) is 0 Å². The summed E-state index contributed by atoms with van der Waals surface area (Å²) in [6.45, 7) is 1.50. The number of allylic oxidation sites excluding steroid dienone is 1. The zero-order chi connectivity index (χ0) is 25.4. The molecular formula is C28H21BrN2O5. The molecule has 7 nitrogen and oxygen atoms in total. The molecule has 2 heterocycles. The smallest absolute Gasteiger partial charge is 0.341 e. The van der Waals surface area contributed by atoms with Crippen molar-refractivity contribution in [3.63, 3.8) is 0 Å². The molecule has 3 aromatic carbocycles. The van der Waals surface area contributed by atoms with Gasteiger partial charge in [0.15, 0.2) is 5.78 Å². The van der Waals surface area contributed by atoms with Gasteiger partial charge in [0.25, 0.3) is 0 Å². The molecule has 3 aromatic rings. The van der Waals surface area contributed by atoms with Gasteiger partial charge in [-0.3, -0.25) is 9.59 Å². The first kappa shape index (κ1) is 23.6. The van der Waals surface area contributed by atoms with E-state index in [0.29, 0.717) is 21.3 Å². The molecule has 2 aliphatic rings. The minimum absolute atomic E-state index is 0.00362. The fraction of sp³-hybridized carbons (Fsp3) is 0.107. The van der Waals surface area contributed by atoms with Gasteiger partial charge in [0, 0.05) is 21.3 Å². The van der Waals surface area contributed by atoms with Crippen LogP contribution in [0.25, 0.3) is 0 Å². The van der Waals surface area contributed by atoms with Crippen molar-refractivity contribution in [2.24, 2.45) is 5.73 Å². The van der Waals surface area contributed by atoms with Crippen molar-refractivity contribution < 1.29 is 23.9 Å². The maximum absolute atomic E-state index is 13.9. The lowest BCUT2D eigenvalue weighted by atomic mass is 9.66. The quantitative estimate of drug-likeness (QED) is 0.354. The maximum Gasteiger partial charge on any atom is 0.341 e. The molecular weight excluding hydrogens is 524 g/mol. The number of anilines is 1. The summed E-state index contributed by atoms with van der Waals surface area (Å²) in [4.78, 5) is 41.4. The predicted molar refractivity (Wildman–Crippen MR) is 136 cm³/mol. The standard InChI is InChI=1S/C28H21BrN2O5/c1-16-22(24(32)18-10-6-3-7-11-18)28(20-14-19(29)12-13-21(20)31-27(28)34)23(25(30)36-16)26(33)35-15-17-8-4-2-5-9-17/h2-14H,15,30H2,1H3,(H,31,34)/t28-/m1/s1. The van der Waals surface area contributed by atoms with Crippen molar-refractivity contribution in [2.45, 2.75) is 18.9 Å². The third-order valence-electron chi connectivity index (χ3n) is 6.27. The van der Waals surface area contributed by atoms with Crippen LogP contribution in [-0.2, 0) is 31.1 Å². The number of nitrogens with two attached hydrogens (primary N) is 1. The predicted octanol–water partition coefficient (Wildman–Crippen LogP) is 4.74. The van der Waals surface area contributed by atoms with Crippen molar-refractivity contribution in [1.29, 1.82) is 0 Å². The van der Waals surface area contributed by atoms with Gasteiger partial charge in [-0.2, -0.15) is 0 Å². The Hall–Kier alpha value is -4.17. The summed E-state index contributed by atoms with van der Waals surface area (Å²) in [5.74, 6) is -2.07. The minimum Gasteiger partial charge on any atom is -0.457 e. The lowest BCUT2D eigenvalue weighted by Gasteiger charge is -2.36. The first-order chi connectivity index (χ1) is 17.3. The number of carbonyl (C=O) groups excluding carboxylic acids is 3. The summed E-state index contributed by atoms with van der Waals surface area (Å²) >= 11 is 3.45. The molecule has 5 rings (SSSR count). The number of halogens is 1. The Morgan fingerprint density at radius 1 is 1.00 bits per heavy atom. The number of carbonyl (C=O) groups is 3. The first-order valence-electron chi connectivity index (χ1n) is 11.2. The lowest BCUT2D eigenvalue weighted by Crippen LogP contribution is -2.48. The number of hydrogen-bond donors (Lipinski definition) is 2. The zero-order valence-electron chi connectivity index (χ0n) is 19.2. The molecule has 8 heteroatoms. The van der Waals surface area contributed by atoms with Gasteiger partial charge >= 0.3 is 5.97 Å². The van der Waals surface area contributed by atoms with E-state index in [-0.39, 0.29) is 29.4 Å². The van der Waals surface area contributed by atoms with Gasteiger partial charge in [-0.05, 0) is 30.7 Å². The molecule has 0 fully saturated rings. The van der Waals surface area contributed by atoms with E-state index < -0.39 is 23.1 Å². The Labute approximate surface area is 215 Å². The van der Waals surface area contributed by atoms with Gasteiger partial charge in [-0.15, -0.1) is 0 Å². The summed E-state index contributed by atoms with van der Waals surface area (Å²) in [5, 5.41) is 2.82. The largest absolute Gasteiger partial charge is 0.457 e. The number of ether oxygens (including phenoxy) is 2. The Morgan fingerprint density at radius 3 is 2.36 bits per heavy atom. The number of hydrogen-bond acceptors (Lipinski definition) is 6. The van der Waals surface area contributed by atoms with Crippen LogP contribution in [0.4, 0.5) is 5.69 Å². The summed E-state index contributed by atoms with van der Waals surface area (Å²) in [7, 11) is 0. The number of Topliss-reactive ketones (excluding diaryl/α,β-unsaturated/α-hetero) is 1. The second-order valence-electron chi connectivity index (χ2n) is 8.42. The highest BCUT2D eigenvalue weighted by atomic mass is 79.9. The zero-order valence-corrected chi connectivity index (χ0v) is 20.8. The van der Waals surface area contributed by atoms with Crippen molar-refractivity contribution in [2.75, 3.05) is 5.32 Å². The van der Waals surface area contributed by atoms with Gasteiger partial charge in [-0.25, -0.2) is 4.79 Å². The fourth-order valence-electron chi connectivity index (χ4n) is 4.72. The van der Waals surface area contributed by atoms with E-state index in [9.17, 15) is 14.4 Å². The number of rotatable bonds is 5. The van der Waals surface area contributed by atoms with Gasteiger partial charge < -0.3 is 20.5 Å². The monoisotopic (exact) mass is 544 g/mol. The minimum atomic E-state index is -1.87. The van der Waals surface area contributed by atoms with Crippen LogP contribution in [0.15, 0.2) is 106 Å². The van der Waals surface area contributed by atoms with Crippen LogP contribution in [0.1, 0.15) is 28.4 Å². The Balaban J connectivity index is 1.70. The van der Waals surface area contributed by atoms with E-state index in [0.717, 1.165) is 5.56 Å². The molecule has 180 valence electrons. The van der Waals surface area contributed by atoms with Crippen molar-refractivity contribution in [3.05, 3.63) is 123 Å². The van der Waals surface area contributed by atoms with E-state index in [2.05, 4.69) is 21.2 Å². The molecule has 3 N–H and O–H groups in total. The highest BCUT2D eigenvalue weighted by Crippen LogP contribution is 2.53. The van der Waals surface area contributed by atoms with Crippen LogP contribution in [0.5, 0.6) is 0 Å². The molecule has 0 unspecified atom stereocenters. The Morgan fingerprint density at radius 2 is 1.67 bits per heavy atom. The van der Waals surface area contributed by atoms with Gasteiger partial charge in [0.2, 0.25) is 11.8 Å². The molecule has 0 saturated heterocycles. The van der Waals surface area contributed by atoms with E-state index in [1.807, 2.05) is 18.2 Å². The Bertz CT molecular complexity index is 1460. The third kappa shape index (κ3) is 3.70. The number of fused-ring (bicyclic) bond motifs is 2. The highest BCUT2D eigenvalue weighted by molar-refractivity contribution is 9.10. The van der Waals surface area contributed by atoms with Crippen LogP contribution in [0, 0.1) is 0 Å². The molecule has 0 aromatic heterocycles. The van der Waals surface area contributed by atoms with E-state index in [1.54, 1.807) is 67.6 Å². The first-order valence-corrected chi connectivity index (χ1v) is 11.9. The summed E-state index contributed by atoms with van der Waals surface area (Å²) in [6, 6.07) is 22.8. The maximum atomic E-state index is 13.9. The number of amides is 1. The van der Waals surface area contributed by atoms with Gasteiger partial charge in [-0.1, -0.05) is 76.6 Å². The SMILES string of the molecule is CC1=C(C(=O)c2ccccc2)[C@@]2(C(=O)Nc3ccc(Br)cc32)C(C(=O)OCc2ccccc2)=C(N)O1. The molecule has 1 spiro atoms.